The lowest BCUT2D eigenvalue weighted by atomic mass is 10.0. The van der Waals surface area contributed by atoms with E-state index in [0.717, 1.165) is 54.1 Å². The monoisotopic (exact) mass is 476 g/mol. The number of methoxy groups -OCH3 is 1. The van der Waals surface area contributed by atoms with Crippen LogP contribution in [0.15, 0.2) is 46.2 Å². The van der Waals surface area contributed by atoms with Crippen LogP contribution in [0.5, 0.6) is 5.75 Å². The quantitative estimate of drug-likeness (QED) is 0.555. The number of hydrogen-bond donors (Lipinski definition) is 1. The normalized spacial score (nSPS) is 15.4. The molecule has 1 fully saturated rings. The molecule has 1 amide bonds. The van der Waals surface area contributed by atoms with Crippen LogP contribution in [0.2, 0.25) is 0 Å². The molecule has 1 aliphatic heterocycles. The highest BCUT2D eigenvalue weighted by Gasteiger charge is 2.25. The van der Waals surface area contributed by atoms with Crippen LogP contribution in [0.1, 0.15) is 60.1 Å². The molecule has 174 valence electrons. The number of nitrogens with one attached hydrogen (secondary N) is 1. The SMILES string of the molecule is CC[C@@H](NS(=O)(=O)c1ccc(SC)c(C(=O)N2CCCCC2)c1)c1ccc(OC)c(C)c1. The Morgan fingerprint density at radius 3 is 2.47 bits per heavy atom. The Bertz CT molecular complexity index is 1060. The predicted molar refractivity (Wildman–Crippen MR) is 129 cm³/mol. The van der Waals surface area contributed by atoms with Crippen LogP contribution < -0.4 is 9.46 Å². The van der Waals surface area contributed by atoms with Crippen LogP contribution in [0.3, 0.4) is 0 Å². The zero-order valence-corrected chi connectivity index (χ0v) is 20.8. The second-order valence-corrected chi connectivity index (χ2v) is 10.6. The van der Waals surface area contributed by atoms with Gasteiger partial charge in [-0.1, -0.05) is 19.1 Å². The number of aryl methyl sites for hydroxylation is 1. The molecule has 0 aliphatic carbocycles. The first-order valence-electron chi connectivity index (χ1n) is 10.9. The number of hydrogen-bond acceptors (Lipinski definition) is 5. The Morgan fingerprint density at radius 1 is 1.16 bits per heavy atom. The lowest BCUT2D eigenvalue weighted by Gasteiger charge is -2.27. The van der Waals surface area contributed by atoms with Crippen molar-refractivity contribution >= 4 is 27.7 Å². The van der Waals surface area contributed by atoms with Gasteiger partial charge in [-0.25, -0.2) is 13.1 Å². The van der Waals surface area contributed by atoms with Gasteiger partial charge in [0.1, 0.15) is 5.75 Å². The van der Waals surface area contributed by atoms with Gasteiger partial charge in [-0.15, -0.1) is 11.8 Å². The molecule has 1 saturated heterocycles. The second-order valence-electron chi connectivity index (χ2n) is 8.03. The molecule has 2 aromatic carbocycles. The van der Waals surface area contributed by atoms with Gasteiger partial charge < -0.3 is 9.64 Å². The van der Waals surface area contributed by atoms with Gasteiger partial charge in [0, 0.05) is 24.0 Å². The molecule has 0 radical (unpaired) electrons. The number of likely N-dealkylation sites (tertiary alicyclic amines) is 1. The largest absolute Gasteiger partial charge is 0.496 e. The molecule has 1 heterocycles. The molecule has 3 rings (SSSR count). The van der Waals surface area contributed by atoms with Gasteiger partial charge in [0.05, 0.1) is 17.6 Å². The van der Waals surface area contributed by atoms with Gasteiger partial charge in [-0.3, -0.25) is 4.79 Å². The molecule has 1 N–H and O–H groups in total. The lowest BCUT2D eigenvalue weighted by molar-refractivity contribution is 0.0720. The first-order chi connectivity index (χ1) is 15.3. The topological polar surface area (TPSA) is 75.7 Å². The van der Waals surface area contributed by atoms with E-state index in [1.54, 1.807) is 19.2 Å². The van der Waals surface area contributed by atoms with Crippen LogP contribution in [-0.4, -0.2) is 45.7 Å². The maximum atomic E-state index is 13.3. The number of benzene rings is 2. The highest BCUT2D eigenvalue weighted by Crippen LogP contribution is 2.29. The fourth-order valence-corrected chi connectivity index (χ4v) is 5.95. The Balaban J connectivity index is 1.90. The number of nitrogens with zero attached hydrogens (tertiary/aromatic N) is 1. The molecular weight excluding hydrogens is 444 g/mol. The maximum absolute atomic E-state index is 13.3. The van der Waals surface area contributed by atoms with Gasteiger partial charge in [-0.2, -0.15) is 0 Å². The minimum absolute atomic E-state index is 0.0936. The smallest absolute Gasteiger partial charge is 0.255 e. The van der Waals surface area contributed by atoms with Crippen molar-refractivity contribution in [3.05, 3.63) is 53.1 Å². The van der Waals surface area contributed by atoms with E-state index in [1.165, 1.54) is 17.8 Å². The summed E-state index contributed by atoms with van der Waals surface area (Å²) in [4.78, 5) is 15.9. The van der Waals surface area contributed by atoms with Gasteiger partial charge in [0.25, 0.3) is 5.91 Å². The zero-order valence-electron chi connectivity index (χ0n) is 19.2. The average Bonchev–Trinajstić information content (AvgIpc) is 2.82. The van der Waals surface area contributed by atoms with Crippen LogP contribution in [-0.2, 0) is 10.0 Å². The molecular formula is C24H32N2O4S2. The Morgan fingerprint density at radius 2 is 1.88 bits per heavy atom. The molecule has 32 heavy (non-hydrogen) atoms. The molecule has 0 aromatic heterocycles. The van der Waals surface area contributed by atoms with Crippen molar-refractivity contribution < 1.29 is 17.9 Å². The molecule has 8 heteroatoms. The van der Waals surface area contributed by atoms with E-state index in [9.17, 15) is 13.2 Å². The number of thioether (sulfide) groups is 1. The van der Waals surface area contributed by atoms with Gasteiger partial charge >= 0.3 is 0 Å². The fraction of sp³-hybridized carbons (Fsp3) is 0.458. The molecule has 0 saturated carbocycles. The summed E-state index contributed by atoms with van der Waals surface area (Å²) in [6, 6.07) is 10.1. The molecule has 2 aromatic rings. The summed E-state index contributed by atoms with van der Waals surface area (Å²) in [5.74, 6) is 0.670. The van der Waals surface area contributed by atoms with E-state index in [4.69, 9.17) is 4.74 Å². The van der Waals surface area contributed by atoms with Gasteiger partial charge in [0.2, 0.25) is 10.0 Å². The van der Waals surface area contributed by atoms with Crippen molar-refractivity contribution in [3.63, 3.8) is 0 Å². The van der Waals surface area contributed by atoms with Crippen molar-refractivity contribution in [3.8, 4) is 5.75 Å². The van der Waals surface area contributed by atoms with Crippen LogP contribution in [0.25, 0.3) is 0 Å². The number of amides is 1. The van der Waals surface area contributed by atoms with Crippen molar-refractivity contribution in [1.82, 2.24) is 9.62 Å². The minimum Gasteiger partial charge on any atom is -0.496 e. The molecule has 0 unspecified atom stereocenters. The predicted octanol–water partition coefficient (Wildman–Crippen LogP) is 4.78. The summed E-state index contributed by atoms with van der Waals surface area (Å²) in [6.45, 7) is 5.31. The Labute approximate surface area is 195 Å². The molecule has 1 atom stereocenters. The highest BCUT2D eigenvalue weighted by molar-refractivity contribution is 7.98. The molecule has 6 nitrogen and oxygen atoms in total. The molecule has 1 aliphatic rings. The number of rotatable bonds is 8. The first-order valence-corrected chi connectivity index (χ1v) is 13.7. The third-order valence-corrected chi connectivity index (χ3v) is 8.15. The molecule has 0 bridgehead atoms. The lowest BCUT2D eigenvalue weighted by Crippen LogP contribution is -2.36. The van der Waals surface area contributed by atoms with Crippen LogP contribution >= 0.6 is 11.8 Å². The van der Waals surface area contributed by atoms with E-state index in [1.807, 2.05) is 43.2 Å². The summed E-state index contributed by atoms with van der Waals surface area (Å²) < 4.78 is 34.7. The van der Waals surface area contributed by atoms with E-state index >= 15 is 0 Å². The van der Waals surface area contributed by atoms with E-state index in [2.05, 4.69) is 4.72 Å². The molecule has 0 spiro atoms. The third kappa shape index (κ3) is 5.47. The van der Waals surface area contributed by atoms with E-state index < -0.39 is 10.0 Å². The standard InChI is InChI=1S/C24H32N2O4S2/c1-5-21(18-9-11-22(30-3)17(2)15-18)25-32(28,29)19-10-12-23(31-4)20(16-19)24(27)26-13-7-6-8-14-26/h9-12,15-16,21,25H,5-8,13-14H2,1-4H3/t21-/m1/s1. The number of sulfonamides is 1. The van der Waals surface area contributed by atoms with Crippen molar-refractivity contribution in [1.29, 1.82) is 0 Å². The summed E-state index contributed by atoms with van der Waals surface area (Å²) in [5, 5.41) is 0. The minimum atomic E-state index is -3.82. The number of carbonyl (C=O) groups excluding carboxylic acids is 1. The van der Waals surface area contributed by atoms with Gasteiger partial charge in [-0.05, 0) is 74.3 Å². The average molecular weight is 477 g/mol. The summed E-state index contributed by atoms with van der Waals surface area (Å²) in [5.41, 5.74) is 2.27. The Hall–Kier alpha value is -2.03. The fourth-order valence-electron chi connectivity index (χ4n) is 4.05. The second kappa shape index (κ2) is 10.7. The maximum Gasteiger partial charge on any atom is 0.255 e. The number of carbonyl (C=O) groups is 1. The Kier molecular flexibility index (Phi) is 8.25. The zero-order chi connectivity index (χ0) is 23.3. The van der Waals surface area contributed by atoms with E-state index in [-0.39, 0.29) is 16.8 Å². The summed E-state index contributed by atoms with van der Waals surface area (Å²) >= 11 is 1.45. The van der Waals surface area contributed by atoms with Crippen LogP contribution in [0.4, 0.5) is 0 Å². The summed E-state index contributed by atoms with van der Waals surface area (Å²) in [7, 11) is -2.21. The first kappa shape index (κ1) is 24.6. The van der Waals surface area contributed by atoms with E-state index in [0.29, 0.717) is 12.0 Å². The number of piperidine rings is 1. The highest BCUT2D eigenvalue weighted by atomic mass is 32.2. The number of ether oxygens (including phenoxy) is 1. The third-order valence-electron chi connectivity index (χ3n) is 5.88. The summed E-state index contributed by atoms with van der Waals surface area (Å²) in [6.07, 6.45) is 5.58. The van der Waals surface area contributed by atoms with Gasteiger partial charge in [0.15, 0.2) is 0 Å². The van der Waals surface area contributed by atoms with Crippen molar-refractivity contribution in [2.24, 2.45) is 0 Å². The van der Waals surface area contributed by atoms with Crippen molar-refractivity contribution in [2.45, 2.75) is 55.4 Å². The van der Waals surface area contributed by atoms with Crippen LogP contribution in [0, 0.1) is 6.92 Å². The van der Waals surface area contributed by atoms with Crippen molar-refractivity contribution in [2.75, 3.05) is 26.5 Å².